The lowest BCUT2D eigenvalue weighted by Crippen LogP contribution is -2.50. The first-order valence-corrected chi connectivity index (χ1v) is 11.9. The summed E-state index contributed by atoms with van der Waals surface area (Å²) in [5.41, 5.74) is 3.13. The van der Waals surface area contributed by atoms with Crippen molar-refractivity contribution in [3.63, 3.8) is 0 Å². The summed E-state index contributed by atoms with van der Waals surface area (Å²) in [6.07, 6.45) is 7.15. The van der Waals surface area contributed by atoms with Gasteiger partial charge in [0.2, 0.25) is 0 Å². The van der Waals surface area contributed by atoms with Gasteiger partial charge < -0.3 is 9.64 Å². The van der Waals surface area contributed by atoms with E-state index in [1.54, 1.807) is 11.1 Å². The van der Waals surface area contributed by atoms with E-state index in [0.717, 1.165) is 38.0 Å². The minimum absolute atomic E-state index is 0.640. The minimum atomic E-state index is 0.640. The number of likely N-dealkylation sites (tertiary alicyclic amines) is 1. The monoisotopic (exact) mass is 412 g/mol. The quantitative estimate of drug-likeness (QED) is 0.754. The van der Waals surface area contributed by atoms with E-state index in [1.165, 1.54) is 43.6 Å². The van der Waals surface area contributed by atoms with E-state index in [4.69, 9.17) is 9.72 Å². The number of piperidine rings is 1. The van der Waals surface area contributed by atoms with Gasteiger partial charge in [0.1, 0.15) is 0 Å². The van der Waals surface area contributed by atoms with Crippen molar-refractivity contribution in [1.82, 2.24) is 14.8 Å². The molecule has 1 aliphatic carbocycles. The number of aromatic nitrogens is 1. The largest absolute Gasteiger partial charge is 0.378 e. The van der Waals surface area contributed by atoms with Gasteiger partial charge in [0.25, 0.3) is 0 Å². The second-order valence-electron chi connectivity index (χ2n) is 8.75. The summed E-state index contributed by atoms with van der Waals surface area (Å²) in [5.74, 6) is 0. The molecule has 1 aromatic heterocycles. The average molecular weight is 413 g/mol. The molecule has 29 heavy (non-hydrogen) atoms. The van der Waals surface area contributed by atoms with E-state index in [9.17, 15) is 0 Å². The number of anilines is 1. The maximum Gasteiger partial charge on any atom is 0.185 e. The summed E-state index contributed by atoms with van der Waals surface area (Å²) in [4.78, 5) is 13.7. The van der Waals surface area contributed by atoms with Crippen LogP contribution in [0, 0.1) is 0 Å². The zero-order valence-corrected chi connectivity index (χ0v) is 18.2. The van der Waals surface area contributed by atoms with Crippen molar-refractivity contribution in [1.29, 1.82) is 0 Å². The highest BCUT2D eigenvalue weighted by Crippen LogP contribution is 2.29. The number of nitrogens with zero attached hydrogens (tertiary/aromatic N) is 4. The molecule has 0 spiro atoms. The van der Waals surface area contributed by atoms with Gasteiger partial charge in [-0.3, -0.25) is 9.80 Å². The Morgan fingerprint density at radius 3 is 2.66 bits per heavy atom. The Balaban J connectivity index is 1.17. The molecule has 0 bridgehead atoms. The molecular weight excluding hydrogens is 380 g/mol. The third-order valence-corrected chi connectivity index (χ3v) is 7.87. The number of rotatable bonds is 5. The highest BCUT2D eigenvalue weighted by molar-refractivity contribution is 7.15. The molecular formula is C23H32N4OS. The van der Waals surface area contributed by atoms with Gasteiger partial charge in [0.05, 0.1) is 13.2 Å². The highest BCUT2D eigenvalue weighted by Gasteiger charge is 2.31. The van der Waals surface area contributed by atoms with Gasteiger partial charge in [-0.1, -0.05) is 24.3 Å². The Morgan fingerprint density at radius 1 is 1.14 bits per heavy atom. The van der Waals surface area contributed by atoms with Crippen LogP contribution in [0.25, 0.3) is 0 Å². The van der Waals surface area contributed by atoms with Crippen molar-refractivity contribution in [3.8, 4) is 0 Å². The van der Waals surface area contributed by atoms with Gasteiger partial charge in [-0.25, -0.2) is 4.98 Å². The lowest BCUT2D eigenvalue weighted by Gasteiger charge is -2.40. The number of morpholine rings is 1. The van der Waals surface area contributed by atoms with Crippen LogP contribution in [0.15, 0.2) is 30.5 Å². The van der Waals surface area contributed by atoms with Crippen LogP contribution in [0.2, 0.25) is 0 Å². The van der Waals surface area contributed by atoms with Crippen molar-refractivity contribution < 1.29 is 4.74 Å². The average Bonchev–Trinajstić information content (AvgIpc) is 3.41. The van der Waals surface area contributed by atoms with Crippen molar-refractivity contribution in [2.24, 2.45) is 0 Å². The number of benzene rings is 1. The molecule has 5 nitrogen and oxygen atoms in total. The van der Waals surface area contributed by atoms with Crippen LogP contribution in [0.3, 0.4) is 0 Å². The van der Waals surface area contributed by atoms with Crippen LogP contribution < -0.4 is 4.90 Å². The molecule has 0 amide bonds. The number of hydrogen-bond donors (Lipinski definition) is 0. The molecule has 5 rings (SSSR count). The number of thiazole rings is 1. The van der Waals surface area contributed by atoms with Crippen LogP contribution in [-0.2, 0) is 24.1 Å². The third kappa shape index (κ3) is 4.36. The van der Waals surface area contributed by atoms with E-state index in [0.29, 0.717) is 12.1 Å². The number of fused-ring (bicyclic) bond motifs is 1. The Kier molecular flexibility index (Phi) is 5.86. The first kappa shape index (κ1) is 19.5. The van der Waals surface area contributed by atoms with E-state index in [-0.39, 0.29) is 0 Å². The molecule has 3 heterocycles. The van der Waals surface area contributed by atoms with Crippen LogP contribution >= 0.6 is 11.3 Å². The molecule has 0 unspecified atom stereocenters. The molecule has 2 aliphatic heterocycles. The normalized spacial score (nSPS) is 23.7. The van der Waals surface area contributed by atoms with Gasteiger partial charge in [0.15, 0.2) is 5.13 Å². The molecule has 2 fully saturated rings. The maximum atomic E-state index is 5.47. The lowest BCUT2D eigenvalue weighted by atomic mass is 10.0. The van der Waals surface area contributed by atoms with Gasteiger partial charge in [-0.05, 0) is 50.4 Å². The Bertz CT molecular complexity index is 794. The van der Waals surface area contributed by atoms with Gasteiger partial charge in [-0.2, -0.15) is 0 Å². The van der Waals surface area contributed by atoms with Crippen molar-refractivity contribution in [2.75, 3.05) is 51.3 Å². The standard InChI is InChI=1S/C23H32N4OS/c1-25(17-22-15-24-23(29-22)26-9-11-28-12-10-26)20-7-4-8-27(16-20)21-13-18-5-2-3-6-19(18)14-21/h2-3,5-6,15,20-21H,4,7-14,16-17H2,1H3/t20-/m1/s1. The van der Waals surface area contributed by atoms with E-state index in [1.807, 2.05) is 11.3 Å². The Hall–Kier alpha value is -1.47. The smallest absolute Gasteiger partial charge is 0.185 e. The lowest BCUT2D eigenvalue weighted by molar-refractivity contribution is 0.0840. The molecule has 3 aliphatic rings. The van der Waals surface area contributed by atoms with Gasteiger partial charge >= 0.3 is 0 Å². The molecule has 2 aromatic rings. The minimum Gasteiger partial charge on any atom is -0.378 e. The van der Waals surface area contributed by atoms with E-state index < -0.39 is 0 Å². The molecule has 0 radical (unpaired) electrons. The number of ether oxygens (including phenoxy) is 1. The van der Waals surface area contributed by atoms with E-state index in [2.05, 4.69) is 52.2 Å². The number of hydrogen-bond acceptors (Lipinski definition) is 6. The van der Waals surface area contributed by atoms with Gasteiger partial charge in [0, 0.05) is 49.3 Å². The van der Waals surface area contributed by atoms with Crippen LogP contribution in [0.4, 0.5) is 5.13 Å². The second kappa shape index (κ2) is 8.72. The summed E-state index contributed by atoms with van der Waals surface area (Å²) in [6.45, 7) is 7.02. The maximum absolute atomic E-state index is 5.47. The summed E-state index contributed by atoms with van der Waals surface area (Å²) in [6, 6.07) is 10.3. The Labute approximate surface area is 178 Å². The third-order valence-electron chi connectivity index (χ3n) is 6.83. The molecule has 6 heteroatoms. The first-order chi connectivity index (χ1) is 14.3. The molecule has 1 aromatic carbocycles. The Morgan fingerprint density at radius 2 is 1.90 bits per heavy atom. The second-order valence-corrected chi connectivity index (χ2v) is 9.84. The summed E-state index contributed by atoms with van der Waals surface area (Å²) in [7, 11) is 2.30. The van der Waals surface area contributed by atoms with Crippen molar-refractivity contribution in [2.45, 2.75) is 44.3 Å². The molecule has 0 N–H and O–H groups in total. The predicted molar refractivity (Wildman–Crippen MR) is 119 cm³/mol. The SMILES string of the molecule is CN(Cc1cnc(N2CCOCC2)s1)[C@@H]1CCCN(C2Cc3ccccc3C2)C1. The fraction of sp³-hybridized carbons (Fsp3) is 0.609. The fourth-order valence-electron chi connectivity index (χ4n) is 5.11. The molecule has 156 valence electrons. The number of likely N-dealkylation sites (N-methyl/N-ethyl adjacent to an activating group) is 1. The molecule has 1 atom stereocenters. The zero-order valence-electron chi connectivity index (χ0n) is 17.4. The van der Waals surface area contributed by atoms with E-state index >= 15 is 0 Å². The molecule has 2 saturated heterocycles. The highest BCUT2D eigenvalue weighted by atomic mass is 32.1. The van der Waals surface area contributed by atoms with Crippen molar-refractivity contribution >= 4 is 16.5 Å². The fourth-order valence-corrected chi connectivity index (χ4v) is 6.14. The zero-order chi connectivity index (χ0) is 19.6. The van der Waals surface area contributed by atoms with Crippen LogP contribution in [-0.4, -0.2) is 73.3 Å². The van der Waals surface area contributed by atoms with Crippen molar-refractivity contribution in [3.05, 3.63) is 46.5 Å². The topological polar surface area (TPSA) is 31.8 Å². The first-order valence-electron chi connectivity index (χ1n) is 11.0. The summed E-state index contributed by atoms with van der Waals surface area (Å²) < 4.78 is 5.47. The summed E-state index contributed by atoms with van der Waals surface area (Å²) in [5, 5.41) is 1.16. The molecule has 0 saturated carbocycles. The van der Waals surface area contributed by atoms with Crippen LogP contribution in [0.5, 0.6) is 0 Å². The predicted octanol–water partition coefficient (Wildman–Crippen LogP) is 3.04. The van der Waals surface area contributed by atoms with Crippen LogP contribution in [0.1, 0.15) is 28.8 Å². The summed E-state index contributed by atoms with van der Waals surface area (Å²) >= 11 is 1.85. The van der Waals surface area contributed by atoms with Gasteiger partial charge in [-0.15, -0.1) is 11.3 Å².